The number of nitrogens with zero attached hydrogens (tertiary/aromatic N) is 2. The normalized spacial score (nSPS) is 23.5. The predicted molar refractivity (Wildman–Crippen MR) is 67.1 cm³/mol. The van der Waals surface area contributed by atoms with Crippen LogP contribution in [0.3, 0.4) is 0 Å². The van der Waals surface area contributed by atoms with Gasteiger partial charge in [0.15, 0.2) is 0 Å². The van der Waals surface area contributed by atoms with Gasteiger partial charge in [-0.1, -0.05) is 0 Å². The first-order valence-electron chi connectivity index (χ1n) is 6.00. The van der Waals surface area contributed by atoms with Crippen molar-refractivity contribution in [3.05, 3.63) is 16.6 Å². The predicted octanol–water partition coefficient (Wildman–Crippen LogP) is 2.39. The van der Waals surface area contributed by atoms with Crippen molar-refractivity contribution in [1.29, 1.82) is 0 Å². The van der Waals surface area contributed by atoms with Crippen LogP contribution in [0.2, 0.25) is 0 Å². The van der Waals surface area contributed by atoms with Crippen LogP contribution < -0.4 is 0 Å². The lowest BCUT2D eigenvalue weighted by molar-refractivity contribution is -0.138. The van der Waals surface area contributed by atoms with Gasteiger partial charge >= 0.3 is 5.97 Å². The van der Waals surface area contributed by atoms with E-state index < -0.39 is 5.97 Å². The highest BCUT2D eigenvalue weighted by Gasteiger charge is 2.26. The van der Waals surface area contributed by atoms with Crippen molar-refractivity contribution in [2.45, 2.75) is 32.2 Å². The lowest BCUT2D eigenvalue weighted by Gasteiger charge is -2.35. The Morgan fingerprint density at radius 2 is 2.59 bits per heavy atom. The van der Waals surface area contributed by atoms with Crippen LogP contribution in [0.1, 0.15) is 37.9 Å². The molecule has 2 rings (SSSR count). The third kappa shape index (κ3) is 3.26. The lowest BCUT2D eigenvalue weighted by atomic mass is 9.93. The van der Waals surface area contributed by atoms with E-state index in [1.807, 2.05) is 5.51 Å². The van der Waals surface area contributed by atoms with Crippen molar-refractivity contribution in [3.63, 3.8) is 0 Å². The Morgan fingerprint density at radius 1 is 1.76 bits per heavy atom. The Kier molecular flexibility index (Phi) is 4.12. The fourth-order valence-corrected chi connectivity index (χ4v) is 3.12. The maximum absolute atomic E-state index is 10.7. The molecule has 0 aliphatic carbocycles. The monoisotopic (exact) mass is 254 g/mol. The molecule has 1 saturated heterocycles. The molecule has 1 N–H and O–H groups in total. The van der Waals surface area contributed by atoms with E-state index in [4.69, 9.17) is 5.11 Å². The molecule has 0 saturated carbocycles. The van der Waals surface area contributed by atoms with Gasteiger partial charge in [-0.2, -0.15) is 0 Å². The molecule has 94 valence electrons. The SMILES string of the molecule is CC(c1cscn1)N1CCCC(CC(=O)O)C1. The number of rotatable bonds is 4. The molecule has 2 heterocycles. The Bertz CT molecular complexity index is 367. The van der Waals surface area contributed by atoms with Gasteiger partial charge in [0, 0.05) is 18.3 Å². The molecular formula is C12H18N2O2S. The molecule has 5 heteroatoms. The van der Waals surface area contributed by atoms with Crippen LogP contribution >= 0.6 is 11.3 Å². The average molecular weight is 254 g/mol. The first-order valence-corrected chi connectivity index (χ1v) is 6.95. The molecule has 0 aromatic carbocycles. The highest BCUT2D eigenvalue weighted by molar-refractivity contribution is 7.07. The molecule has 2 unspecified atom stereocenters. The summed E-state index contributed by atoms with van der Waals surface area (Å²) in [6.07, 6.45) is 2.42. The van der Waals surface area contributed by atoms with Crippen LogP contribution in [0, 0.1) is 5.92 Å². The summed E-state index contributed by atoms with van der Waals surface area (Å²) in [6.45, 7) is 4.08. The van der Waals surface area contributed by atoms with Crippen molar-refractivity contribution >= 4 is 17.3 Å². The molecule has 17 heavy (non-hydrogen) atoms. The molecule has 1 fully saturated rings. The Labute approximate surface area is 105 Å². The molecule has 2 atom stereocenters. The zero-order valence-electron chi connectivity index (χ0n) is 10.0. The minimum atomic E-state index is -0.682. The van der Waals surface area contributed by atoms with E-state index in [0.717, 1.165) is 31.6 Å². The summed E-state index contributed by atoms with van der Waals surface area (Å²) in [6, 6.07) is 0.304. The summed E-state index contributed by atoms with van der Waals surface area (Å²) in [7, 11) is 0. The fraction of sp³-hybridized carbons (Fsp3) is 0.667. The highest BCUT2D eigenvalue weighted by atomic mass is 32.1. The molecule has 0 spiro atoms. The van der Waals surface area contributed by atoms with E-state index in [-0.39, 0.29) is 0 Å². The largest absolute Gasteiger partial charge is 0.481 e. The summed E-state index contributed by atoms with van der Waals surface area (Å²) in [5, 5.41) is 10.9. The summed E-state index contributed by atoms with van der Waals surface area (Å²) in [5.41, 5.74) is 2.95. The van der Waals surface area contributed by atoms with Gasteiger partial charge in [0.2, 0.25) is 0 Å². The van der Waals surface area contributed by atoms with Gasteiger partial charge in [-0.05, 0) is 32.2 Å². The summed E-state index contributed by atoms with van der Waals surface area (Å²) in [5.74, 6) is -0.388. The van der Waals surface area contributed by atoms with Gasteiger partial charge in [0.05, 0.1) is 17.2 Å². The molecular weight excluding hydrogens is 236 g/mol. The number of carboxylic acids is 1. The molecule has 4 nitrogen and oxygen atoms in total. The number of hydrogen-bond acceptors (Lipinski definition) is 4. The van der Waals surface area contributed by atoms with Crippen LogP contribution in [0.4, 0.5) is 0 Å². The van der Waals surface area contributed by atoms with E-state index in [0.29, 0.717) is 18.4 Å². The molecule has 1 aromatic heterocycles. The smallest absolute Gasteiger partial charge is 0.303 e. The maximum Gasteiger partial charge on any atom is 0.303 e. The average Bonchev–Trinajstić information content (AvgIpc) is 2.81. The highest BCUT2D eigenvalue weighted by Crippen LogP contribution is 2.27. The summed E-state index contributed by atoms with van der Waals surface area (Å²) >= 11 is 1.61. The van der Waals surface area contributed by atoms with Gasteiger partial charge in [-0.25, -0.2) is 4.98 Å². The van der Waals surface area contributed by atoms with Crippen LogP contribution in [0.15, 0.2) is 10.9 Å². The van der Waals surface area contributed by atoms with Crippen LogP contribution in [-0.2, 0) is 4.79 Å². The van der Waals surface area contributed by atoms with Crippen LogP contribution in [-0.4, -0.2) is 34.0 Å². The first-order chi connectivity index (χ1) is 8.16. The number of piperidine rings is 1. The van der Waals surface area contributed by atoms with Gasteiger partial charge in [-0.3, -0.25) is 9.69 Å². The van der Waals surface area contributed by atoms with Crippen molar-refractivity contribution in [2.75, 3.05) is 13.1 Å². The number of likely N-dealkylation sites (tertiary alicyclic amines) is 1. The molecule has 1 aliphatic heterocycles. The van der Waals surface area contributed by atoms with Gasteiger partial charge in [0.1, 0.15) is 0 Å². The third-order valence-corrected chi connectivity index (χ3v) is 4.05. The second kappa shape index (κ2) is 5.60. The number of aliphatic carboxylic acids is 1. The Morgan fingerprint density at radius 3 is 3.24 bits per heavy atom. The zero-order chi connectivity index (χ0) is 12.3. The van der Waals surface area contributed by atoms with E-state index in [9.17, 15) is 4.79 Å². The summed E-state index contributed by atoms with van der Waals surface area (Å²) in [4.78, 5) is 17.4. The topological polar surface area (TPSA) is 53.4 Å². The minimum absolute atomic E-state index is 0.292. The third-order valence-electron chi connectivity index (χ3n) is 3.44. The van der Waals surface area contributed by atoms with Gasteiger partial charge in [-0.15, -0.1) is 11.3 Å². The molecule has 1 aromatic rings. The first kappa shape index (κ1) is 12.5. The Balaban J connectivity index is 1.95. The fourth-order valence-electron chi connectivity index (χ4n) is 2.48. The zero-order valence-corrected chi connectivity index (χ0v) is 10.8. The number of carbonyl (C=O) groups is 1. The number of aromatic nitrogens is 1. The Hall–Kier alpha value is -0.940. The van der Waals surface area contributed by atoms with Crippen molar-refractivity contribution in [2.24, 2.45) is 5.92 Å². The van der Waals surface area contributed by atoms with E-state index in [1.165, 1.54) is 0 Å². The van der Waals surface area contributed by atoms with E-state index >= 15 is 0 Å². The second-order valence-corrected chi connectivity index (χ2v) is 5.41. The number of thiazole rings is 1. The number of carboxylic acid groups (broad SMARTS) is 1. The van der Waals surface area contributed by atoms with Crippen LogP contribution in [0.25, 0.3) is 0 Å². The molecule has 0 bridgehead atoms. The molecule has 0 radical (unpaired) electrons. The lowest BCUT2D eigenvalue weighted by Crippen LogP contribution is -2.38. The number of hydrogen-bond donors (Lipinski definition) is 1. The van der Waals surface area contributed by atoms with Crippen LogP contribution in [0.5, 0.6) is 0 Å². The van der Waals surface area contributed by atoms with Gasteiger partial charge < -0.3 is 5.11 Å². The standard InChI is InChI=1S/C12H18N2O2S/c1-9(11-7-17-8-13-11)14-4-2-3-10(6-14)5-12(15)16/h7-10H,2-6H2,1H3,(H,15,16). The maximum atomic E-state index is 10.7. The quantitative estimate of drug-likeness (QED) is 0.896. The summed E-state index contributed by atoms with van der Waals surface area (Å²) < 4.78 is 0. The second-order valence-electron chi connectivity index (χ2n) is 4.69. The van der Waals surface area contributed by atoms with Gasteiger partial charge in [0.25, 0.3) is 0 Å². The van der Waals surface area contributed by atoms with Crippen molar-refractivity contribution in [3.8, 4) is 0 Å². The van der Waals surface area contributed by atoms with E-state index in [2.05, 4.69) is 22.2 Å². The molecule has 1 aliphatic rings. The minimum Gasteiger partial charge on any atom is -0.481 e. The molecule has 0 amide bonds. The van der Waals surface area contributed by atoms with E-state index in [1.54, 1.807) is 11.3 Å². The van der Waals surface area contributed by atoms with Crippen molar-refractivity contribution in [1.82, 2.24) is 9.88 Å². The van der Waals surface area contributed by atoms with Crippen molar-refractivity contribution < 1.29 is 9.90 Å².